The summed E-state index contributed by atoms with van der Waals surface area (Å²) >= 11 is 0. The van der Waals surface area contributed by atoms with Gasteiger partial charge < -0.3 is 15.6 Å². The van der Waals surface area contributed by atoms with E-state index in [-0.39, 0.29) is 11.4 Å². The van der Waals surface area contributed by atoms with Gasteiger partial charge in [0.25, 0.3) is 5.92 Å². The topological polar surface area (TPSA) is 85.4 Å². The Morgan fingerprint density at radius 1 is 1.62 bits per heavy atom. The molecule has 0 aliphatic rings. The van der Waals surface area contributed by atoms with Crippen molar-refractivity contribution >= 4 is 11.7 Å². The third-order valence-electron chi connectivity index (χ3n) is 1.86. The number of nitrogen functional groups attached to an aromatic ring is 1. The molecule has 1 aromatic heterocycles. The summed E-state index contributed by atoms with van der Waals surface area (Å²) in [7, 11) is 1.18. The molecule has 0 bridgehead atoms. The Hall–Kier alpha value is -1.92. The Balaban J connectivity index is 3.46. The fourth-order valence-corrected chi connectivity index (χ4v) is 1.14. The van der Waals surface area contributed by atoms with Gasteiger partial charge in [-0.05, 0) is 6.07 Å². The average molecular weight is 232 g/mol. The van der Waals surface area contributed by atoms with Crippen LogP contribution in [0.1, 0.15) is 23.1 Å². The summed E-state index contributed by atoms with van der Waals surface area (Å²) in [6.07, 6.45) is 0. The van der Waals surface area contributed by atoms with Gasteiger partial charge in [0.2, 0.25) is 0 Å². The predicted octanol–water partition coefficient (Wildman–Crippen LogP) is 1.48. The van der Waals surface area contributed by atoms with Gasteiger partial charge in [-0.2, -0.15) is 8.78 Å². The number of pyridine rings is 1. The number of carboxylic acids is 1. The molecule has 0 amide bonds. The lowest BCUT2D eigenvalue weighted by molar-refractivity contribution is 0.0125. The lowest BCUT2D eigenvalue weighted by Gasteiger charge is -2.13. The quantitative estimate of drug-likeness (QED) is 0.824. The maximum Gasteiger partial charge on any atom is 0.358 e. The SMILES string of the molecule is COc1c(N)cc(C(C)(F)F)nc1C(=O)O. The van der Waals surface area contributed by atoms with Crippen LogP contribution in [0, 0.1) is 0 Å². The van der Waals surface area contributed by atoms with E-state index in [1.54, 1.807) is 0 Å². The number of carbonyl (C=O) groups is 1. The molecular weight excluding hydrogens is 222 g/mol. The van der Waals surface area contributed by atoms with Crippen molar-refractivity contribution in [1.29, 1.82) is 0 Å². The molecule has 88 valence electrons. The molecule has 0 spiro atoms. The summed E-state index contributed by atoms with van der Waals surface area (Å²) in [6, 6.07) is 0.894. The maximum absolute atomic E-state index is 13.0. The molecule has 16 heavy (non-hydrogen) atoms. The predicted molar refractivity (Wildman–Crippen MR) is 51.7 cm³/mol. The van der Waals surface area contributed by atoms with E-state index in [9.17, 15) is 13.6 Å². The number of methoxy groups -OCH3 is 1. The normalized spacial score (nSPS) is 11.2. The van der Waals surface area contributed by atoms with E-state index in [0.717, 1.165) is 6.07 Å². The first-order valence-electron chi connectivity index (χ1n) is 4.23. The highest BCUT2D eigenvalue weighted by Gasteiger charge is 2.30. The van der Waals surface area contributed by atoms with Crippen molar-refractivity contribution in [1.82, 2.24) is 4.98 Å². The van der Waals surface area contributed by atoms with Gasteiger partial charge in [-0.25, -0.2) is 9.78 Å². The second kappa shape index (κ2) is 3.92. The van der Waals surface area contributed by atoms with Gasteiger partial charge in [0.1, 0.15) is 5.69 Å². The fraction of sp³-hybridized carbons (Fsp3) is 0.333. The number of alkyl halides is 2. The van der Waals surface area contributed by atoms with Crippen LogP contribution in [0.25, 0.3) is 0 Å². The van der Waals surface area contributed by atoms with E-state index in [1.165, 1.54) is 7.11 Å². The number of aromatic nitrogens is 1. The van der Waals surface area contributed by atoms with Gasteiger partial charge >= 0.3 is 5.97 Å². The molecule has 0 saturated carbocycles. The second-order valence-electron chi connectivity index (χ2n) is 3.17. The number of anilines is 1. The van der Waals surface area contributed by atoms with E-state index in [1.807, 2.05) is 0 Å². The highest BCUT2D eigenvalue weighted by atomic mass is 19.3. The molecule has 7 heteroatoms. The minimum Gasteiger partial charge on any atom is -0.492 e. The molecule has 0 radical (unpaired) electrons. The number of aromatic carboxylic acids is 1. The standard InChI is InChI=1S/C9H10F2N2O3/c1-9(10,11)5-3-4(12)7(16-2)6(13-5)8(14)15/h3H,1-2H3,(H2,12,13)(H,14,15). The van der Waals surface area contributed by atoms with Crippen LogP contribution in [0.4, 0.5) is 14.5 Å². The summed E-state index contributed by atoms with van der Waals surface area (Å²) in [5.74, 6) is -4.96. The van der Waals surface area contributed by atoms with Crippen LogP contribution < -0.4 is 10.5 Å². The Morgan fingerprint density at radius 2 is 2.19 bits per heavy atom. The molecule has 1 rings (SSSR count). The number of nitrogens with zero attached hydrogens (tertiary/aromatic N) is 1. The van der Waals surface area contributed by atoms with Gasteiger partial charge in [0.05, 0.1) is 12.8 Å². The minimum absolute atomic E-state index is 0.188. The van der Waals surface area contributed by atoms with Gasteiger partial charge in [-0.15, -0.1) is 0 Å². The van der Waals surface area contributed by atoms with Crippen molar-refractivity contribution in [2.75, 3.05) is 12.8 Å². The van der Waals surface area contributed by atoms with Crippen LogP contribution in [0.15, 0.2) is 6.07 Å². The molecule has 0 aliphatic heterocycles. The summed E-state index contributed by atoms with van der Waals surface area (Å²) < 4.78 is 30.6. The summed E-state index contributed by atoms with van der Waals surface area (Å²) in [5.41, 5.74) is 3.89. The molecule has 0 atom stereocenters. The number of nitrogens with two attached hydrogens (primary N) is 1. The maximum atomic E-state index is 13.0. The largest absolute Gasteiger partial charge is 0.492 e. The number of hydrogen-bond donors (Lipinski definition) is 2. The zero-order valence-corrected chi connectivity index (χ0v) is 8.62. The van der Waals surface area contributed by atoms with Crippen LogP contribution in [0.2, 0.25) is 0 Å². The Morgan fingerprint density at radius 3 is 2.56 bits per heavy atom. The van der Waals surface area contributed by atoms with Gasteiger partial charge in [-0.1, -0.05) is 0 Å². The number of carboxylic acid groups (broad SMARTS) is 1. The summed E-state index contributed by atoms with van der Waals surface area (Å²) in [4.78, 5) is 14.1. The molecule has 1 heterocycles. The Labute approximate surface area is 89.9 Å². The van der Waals surface area contributed by atoms with E-state index in [2.05, 4.69) is 4.98 Å². The molecule has 0 aliphatic carbocycles. The van der Waals surface area contributed by atoms with Gasteiger partial charge in [-0.3, -0.25) is 0 Å². The van der Waals surface area contributed by atoms with Gasteiger partial charge in [0.15, 0.2) is 11.4 Å². The van der Waals surface area contributed by atoms with Crippen molar-refractivity contribution in [3.05, 3.63) is 17.5 Å². The zero-order valence-electron chi connectivity index (χ0n) is 8.62. The highest BCUT2D eigenvalue weighted by molar-refractivity contribution is 5.91. The number of halogens is 2. The zero-order chi connectivity index (χ0) is 12.5. The third kappa shape index (κ3) is 2.18. The molecule has 5 nitrogen and oxygen atoms in total. The average Bonchev–Trinajstić information content (AvgIpc) is 2.14. The van der Waals surface area contributed by atoms with E-state index >= 15 is 0 Å². The molecule has 0 fully saturated rings. The molecule has 0 aromatic carbocycles. The molecule has 0 unspecified atom stereocenters. The third-order valence-corrected chi connectivity index (χ3v) is 1.86. The molecule has 1 aromatic rings. The summed E-state index contributed by atoms with van der Waals surface area (Å²) in [6.45, 7) is 0.604. The van der Waals surface area contributed by atoms with Crippen molar-refractivity contribution in [3.8, 4) is 5.75 Å². The monoisotopic (exact) mass is 232 g/mol. The van der Waals surface area contributed by atoms with E-state index in [0.29, 0.717) is 6.92 Å². The molecule has 0 saturated heterocycles. The summed E-state index contributed by atoms with van der Waals surface area (Å²) in [5, 5.41) is 8.77. The van der Waals surface area contributed by atoms with Crippen molar-refractivity contribution in [2.24, 2.45) is 0 Å². The Kier molecular flexibility index (Phi) is 2.97. The van der Waals surface area contributed by atoms with Crippen molar-refractivity contribution in [2.45, 2.75) is 12.8 Å². The number of rotatable bonds is 3. The first-order chi connectivity index (χ1) is 7.27. The van der Waals surface area contributed by atoms with Crippen molar-refractivity contribution < 1.29 is 23.4 Å². The van der Waals surface area contributed by atoms with Crippen LogP contribution in [-0.2, 0) is 5.92 Å². The highest BCUT2D eigenvalue weighted by Crippen LogP contribution is 2.32. The molecular formula is C9H10F2N2O3. The van der Waals surface area contributed by atoms with E-state index in [4.69, 9.17) is 15.6 Å². The lowest BCUT2D eigenvalue weighted by Crippen LogP contribution is -2.15. The van der Waals surface area contributed by atoms with E-state index < -0.39 is 23.3 Å². The lowest BCUT2D eigenvalue weighted by atomic mass is 10.2. The number of ether oxygens (including phenoxy) is 1. The van der Waals surface area contributed by atoms with Gasteiger partial charge in [0, 0.05) is 6.92 Å². The minimum atomic E-state index is -3.26. The van der Waals surface area contributed by atoms with Crippen LogP contribution in [0.5, 0.6) is 5.75 Å². The van der Waals surface area contributed by atoms with Crippen molar-refractivity contribution in [3.63, 3.8) is 0 Å². The first-order valence-corrected chi connectivity index (χ1v) is 4.23. The Bertz CT molecular complexity index is 429. The van der Waals surface area contributed by atoms with Crippen LogP contribution in [-0.4, -0.2) is 23.2 Å². The number of hydrogen-bond acceptors (Lipinski definition) is 4. The second-order valence-corrected chi connectivity index (χ2v) is 3.17. The smallest absolute Gasteiger partial charge is 0.358 e. The van der Waals surface area contributed by atoms with Crippen LogP contribution in [0.3, 0.4) is 0 Å². The van der Waals surface area contributed by atoms with Crippen LogP contribution >= 0.6 is 0 Å². The first kappa shape index (κ1) is 12.2. The fourth-order valence-electron chi connectivity index (χ4n) is 1.14. The molecule has 3 N–H and O–H groups in total.